The van der Waals surface area contributed by atoms with Crippen molar-refractivity contribution in [1.29, 1.82) is 0 Å². The molecule has 1 N–H and O–H groups in total. The number of hydrogen-bond donors (Lipinski definition) is 1. The van der Waals surface area contributed by atoms with E-state index in [1.807, 2.05) is 0 Å². The van der Waals surface area contributed by atoms with Crippen LogP contribution < -0.4 is 5.32 Å². The molecule has 0 bridgehead atoms. The minimum absolute atomic E-state index is 0.0496. The van der Waals surface area contributed by atoms with Crippen LogP contribution in [-0.2, 0) is 16.0 Å². The van der Waals surface area contributed by atoms with Crippen molar-refractivity contribution in [2.24, 2.45) is 0 Å². The van der Waals surface area contributed by atoms with E-state index < -0.39 is 22.8 Å². The lowest BCUT2D eigenvalue weighted by molar-refractivity contribution is -0.384. The molecule has 0 aliphatic heterocycles. The number of benzene rings is 2. The number of halogens is 2. The molecule has 7 nitrogen and oxygen atoms in total. The first-order valence-electron chi connectivity index (χ1n) is 7.38. The van der Waals surface area contributed by atoms with E-state index in [9.17, 15) is 19.7 Å². The number of nitrogens with zero attached hydrogens (tertiary/aromatic N) is 1. The first-order chi connectivity index (χ1) is 12.3. The molecule has 9 heteroatoms. The Hall–Kier alpha value is -2.26. The predicted molar refractivity (Wildman–Crippen MR) is 102 cm³/mol. The van der Waals surface area contributed by atoms with Gasteiger partial charge in [0.05, 0.1) is 12.0 Å². The second kappa shape index (κ2) is 8.91. The Morgan fingerprint density at radius 1 is 1.15 bits per heavy atom. The highest BCUT2D eigenvalue weighted by Crippen LogP contribution is 2.20. The molecule has 0 radical (unpaired) electrons. The summed E-state index contributed by atoms with van der Waals surface area (Å²) in [5.41, 5.74) is 0.969. The number of ether oxygens (including phenoxy) is 1. The second-order valence-corrected chi connectivity index (χ2v) is 7.17. The molecule has 2 rings (SSSR count). The highest BCUT2D eigenvalue weighted by Gasteiger charge is 2.23. The van der Waals surface area contributed by atoms with Gasteiger partial charge in [0.15, 0.2) is 0 Å². The van der Waals surface area contributed by atoms with Gasteiger partial charge in [0, 0.05) is 33.1 Å². The standard InChI is InChI=1S/C17H14Br2N2O5/c1-26-17(23)15(6-10-2-4-14(5-3-10)21(24)25)20-16(22)11-7-12(18)9-13(19)8-11/h2-5,7-9,15H,6H2,1H3,(H,20,22)/t15-/m0/s1. The molecule has 2 aromatic carbocycles. The molecule has 0 saturated carbocycles. The molecule has 1 atom stereocenters. The monoisotopic (exact) mass is 484 g/mol. The van der Waals surface area contributed by atoms with E-state index in [4.69, 9.17) is 4.74 Å². The zero-order valence-corrected chi connectivity index (χ0v) is 16.7. The molecule has 2 aromatic rings. The van der Waals surface area contributed by atoms with Crippen molar-refractivity contribution in [1.82, 2.24) is 5.32 Å². The van der Waals surface area contributed by atoms with Gasteiger partial charge in [0.2, 0.25) is 0 Å². The third-order valence-corrected chi connectivity index (χ3v) is 4.42. The largest absolute Gasteiger partial charge is 0.467 e. The fraction of sp³-hybridized carbons (Fsp3) is 0.176. The molecule has 1 amide bonds. The van der Waals surface area contributed by atoms with Gasteiger partial charge in [-0.25, -0.2) is 4.79 Å². The number of nitro groups is 1. The van der Waals surface area contributed by atoms with Crippen LogP contribution in [0.2, 0.25) is 0 Å². The Bertz CT molecular complexity index is 819. The molecule has 136 valence electrons. The van der Waals surface area contributed by atoms with Crippen molar-refractivity contribution in [2.75, 3.05) is 7.11 Å². The number of non-ortho nitro benzene ring substituents is 1. The average molecular weight is 486 g/mol. The van der Waals surface area contributed by atoms with Crippen LogP contribution in [0.15, 0.2) is 51.4 Å². The van der Waals surface area contributed by atoms with Crippen molar-refractivity contribution in [2.45, 2.75) is 12.5 Å². The summed E-state index contributed by atoms with van der Waals surface area (Å²) >= 11 is 6.61. The fourth-order valence-electron chi connectivity index (χ4n) is 2.25. The van der Waals surface area contributed by atoms with Gasteiger partial charge in [0.1, 0.15) is 6.04 Å². The van der Waals surface area contributed by atoms with Crippen LogP contribution >= 0.6 is 31.9 Å². The number of nitro benzene ring substituents is 1. The molecular formula is C17H14Br2N2O5. The first kappa shape index (κ1) is 20.1. The summed E-state index contributed by atoms with van der Waals surface area (Å²) in [6, 6.07) is 9.87. The Labute approximate surface area is 166 Å². The highest BCUT2D eigenvalue weighted by atomic mass is 79.9. The maximum atomic E-state index is 12.5. The highest BCUT2D eigenvalue weighted by molar-refractivity contribution is 9.11. The van der Waals surface area contributed by atoms with E-state index in [1.54, 1.807) is 18.2 Å². The van der Waals surface area contributed by atoms with Gasteiger partial charge >= 0.3 is 5.97 Å². The molecule has 0 unspecified atom stereocenters. The van der Waals surface area contributed by atoms with Gasteiger partial charge in [-0.2, -0.15) is 0 Å². The Morgan fingerprint density at radius 3 is 2.23 bits per heavy atom. The quantitative estimate of drug-likeness (QED) is 0.382. The summed E-state index contributed by atoms with van der Waals surface area (Å²) in [5, 5.41) is 13.3. The molecule has 0 spiro atoms. The van der Waals surface area contributed by atoms with Crippen molar-refractivity contribution in [3.8, 4) is 0 Å². The van der Waals surface area contributed by atoms with Crippen LogP contribution in [0.25, 0.3) is 0 Å². The first-order valence-corrected chi connectivity index (χ1v) is 8.97. The summed E-state index contributed by atoms with van der Waals surface area (Å²) < 4.78 is 6.17. The summed E-state index contributed by atoms with van der Waals surface area (Å²) in [4.78, 5) is 34.7. The smallest absolute Gasteiger partial charge is 0.328 e. The van der Waals surface area contributed by atoms with Gasteiger partial charge in [-0.05, 0) is 23.8 Å². The van der Waals surface area contributed by atoms with Crippen LogP contribution in [-0.4, -0.2) is 30.0 Å². The number of esters is 1. The topological polar surface area (TPSA) is 98.5 Å². The number of methoxy groups -OCH3 is 1. The predicted octanol–water partition coefficient (Wildman–Crippen LogP) is 3.63. The lowest BCUT2D eigenvalue weighted by atomic mass is 10.0. The van der Waals surface area contributed by atoms with Gasteiger partial charge < -0.3 is 10.1 Å². The maximum Gasteiger partial charge on any atom is 0.328 e. The van der Waals surface area contributed by atoms with Crippen molar-refractivity contribution < 1.29 is 19.2 Å². The molecule has 0 aliphatic rings. The Kier molecular flexibility index (Phi) is 6.87. The number of amides is 1. The van der Waals surface area contributed by atoms with Gasteiger partial charge in [-0.3, -0.25) is 14.9 Å². The zero-order chi connectivity index (χ0) is 19.3. The summed E-state index contributed by atoms with van der Waals surface area (Å²) in [5.74, 6) is -1.05. The van der Waals surface area contributed by atoms with Crippen molar-refractivity contribution in [3.63, 3.8) is 0 Å². The lowest BCUT2D eigenvalue weighted by Crippen LogP contribution is -2.43. The van der Waals surface area contributed by atoms with Gasteiger partial charge in [-0.1, -0.05) is 44.0 Å². The molecular weight excluding hydrogens is 472 g/mol. The maximum absolute atomic E-state index is 12.5. The molecule has 0 heterocycles. The average Bonchev–Trinajstić information content (AvgIpc) is 2.60. The zero-order valence-electron chi connectivity index (χ0n) is 13.6. The molecule has 0 aromatic heterocycles. The normalized spacial score (nSPS) is 11.5. The van der Waals surface area contributed by atoms with Crippen LogP contribution in [0.4, 0.5) is 5.69 Å². The van der Waals surface area contributed by atoms with E-state index >= 15 is 0 Å². The SMILES string of the molecule is COC(=O)[C@H](Cc1ccc([N+](=O)[O-])cc1)NC(=O)c1cc(Br)cc(Br)c1. The van der Waals surface area contributed by atoms with Crippen LogP contribution in [0.5, 0.6) is 0 Å². The number of rotatable bonds is 6. The summed E-state index contributed by atoms with van der Waals surface area (Å²) in [6.07, 6.45) is 0.144. The second-order valence-electron chi connectivity index (χ2n) is 5.34. The van der Waals surface area contributed by atoms with Crippen LogP contribution in [0.1, 0.15) is 15.9 Å². The van der Waals surface area contributed by atoms with Crippen molar-refractivity contribution >= 4 is 49.4 Å². The molecule has 26 heavy (non-hydrogen) atoms. The number of carbonyl (C=O) groups is 2. The molecule has 0 aliphatic carbocycles. The van der Waals surface area contributed by atoms with E-state index in [2.05, 4.69) is 37.2 Å². The minimum Gasteiger partial charge on any atom is -0.467 e. The third-order valence-electron chi connectivity index (χ3n) is 3.50. The third kappa shape index (κ3) is 5.37. The van der Waals surface area contributed by atoms with E-state index in [0.29, 0.717) is 20.1 Å². The fourth-order valence-corrected chi connectivity index (χ4v) is 3.55. The van der Waals surface area contributed by atoms with E-state index in [0.717, 1.165) is 0 Å². The van der Waals surface area contributed by atoms with Gasteiger partial charge in [-0.15, -0.1) is 0 Å². The van der Waals surface area contributed by atoms with Crippen LogP contribution in [0.3, 0.4) is 0 Å². The number of carbonyl (C=O) groups excluding carboxylic acids is 2. The van der Waals surface area contributed by atoms with E-state index in [1.165, 1.54) is 31.4 Å². The van der Waals surface area contributed by atoms with E-state index in [-0.39, 0.29) is 12.1 Å². The minimum atomic E-state index is -0.924. The molecule has 0 saturated heterocycles. The van der Waals surface area contributed by atoms with Crippen molar-refractivity contribution in [3.05, 3.63) is 72.7 Å². The summed E-state index contributed by atoms with van der Waals surface area (Å²) in [7, 11) is 1.23. The Balaban J connectivity index is 2.17. The summed E-state index contributed by atoms with van der Waals surface area (Å²) in [6.45, 7) is 0. The van der Waals surface area contributed by atoms with Gasteiger partial charge in [0.25, 0.3) is 11.6 Å². The Morgan fingerprint density at radius 2 is 1.73 bits per heavy atom. The number of nitrogens with one attached hydrogen (secondary N) is 1. The molecule has 0 fully saturated rings. The van der Waals surface area contributed by atoms with Crippen LogP contribution in [0, 0.1) is 10.1 Å². The number of hydrogen-bond acceptors (Lipinski definition) is 5. The lowest BCUT2D eigenvalue weighted by Gasteiger charge is -2.17.